The van der Waals surface area contributed by atoms with Crippen LogP contribution < -0.4 is 0 Å². The monoisotopic (exact) mass is 286 g/mol. The number of thiazole rings is 1. The molecule has 1 aliphatic heterocycles. The lowest BCUT2D eigenvalue weighted by Crippen LogP contribution is -2.46. The number of hydrogen-bond donors (Lipinski definition) is 1. The standard InChI is InChI=1S/C11H14N2O3S2/c1-7-12-5-9(18-7)11(16)13-2-3-17-6-8(13)4-10(14)15/h5,8H,2-4,6H2,1H3,(H,14,15). The molecule has 98 valence electrons. The van der Waals surface area contributed by atoms with Gasteiger partial charge in [-0.05, 0) is 6.92 Å². The topological polar surface area (TPSA) is 70.5 Å². The zero-order chi connectivity index (χ0) is 13.1. The number of aryl methyl sites for hydroxylation is 1. The van der Waals surface area contributed by atoms with E-state index in [4.69, 9.17) is 5.11 Å². The number of aromatic nitrogens is 1. The van der Waals surface area contributed by atoms with Crippen molar-refractivity contribution in [3.8, 4) is 0 Å². The van der Waals surface area contributed by atoms with Gasteiger partial charge >= 0.3 is 5.97 Å². The van der Waals surface area contributed by atoms with E-state index in [9.17, 15) is 9.59 Å². The summed E-state index contributed by atoms with van der Waals surface area (Å²) < 4.78 is 0. The highest BCUT2D eigenvalue weighted by Gasteiger charge is 2.30. The Morgan fingerprint density at radius 2 is 2.39 bits per heavy atom. The highest BCUT2D eigenvalue weighted by molar-refractivity contribution is 7.99. The summed E-state index contributed by atoms with van der Waals surface area (Å²) >= 11 is 3.05. The average Bonchev–Trinajstić information content (AvgIpc) is 2.75. The Morgan fingerprint density at radius 1 is 1.61 bits per heavy atom. The molecule has 0 saturated carbocycles. The van der Waals surface area contributed by atoms with Gasteiger partial charge in [-0.25, -0.2) is 4.98 Å². The van der Waals surface area contributed by atoms with Gasteiger partial charge in [0.2, 0.25) is 0 Å². The van der Waals surface area contributed by atoms with Crippen LogP contribution in [0, 0.1) is 6.92 Å². The van der Waals surface area contributed by atoms with E-state index in [1.165, 1.54) is 11.3 Å². The largest absolute Gasteiger partial charge is 0.481 e. The van der Waals surface area contributed by atoms with Crippen LogP contribution in [0.2, 0.25) is 0 Å². The number of carbonyl (C=O) groups is 2. The van der Waals surface area contributed by atoms with Gasteiger partial charge in [0.15, 0.2) is 0 Å². The summed E-state index contributed by atoms with van der Waals surface area (Å²) in [6.45, 7) is 2.46. The molecule has 1 aromatic heterocycles. The minimum atomic E-state index is -0.860. The van der Waals surface area contributed by atoms with Crippen LogP contribution in [0.5, 0.6) is 0 Å². The Bertz CT molecular complexity index is 461. The second-order valence-corrected chi connectivity index (χ2v) is 6.45. The second kappa shape index (κ2) is 5.71. The summed E-state index contributed by atoms with van der Waals surface area (Å²) in [6, 6.07) is -0.212. The van der Waals surface area contributed by atoms with Crippen molar-refractivity contribution in [3.05, 3.63) is 16.1 Å². The van der Waals surface area contributed by atoms with Gasteiger partial charge in [-0.15, -0.1) is 11.3 Å². The molecule has 0 bridgehead atoms. The van der Waals surface area contributed by atoms with E-state index in [-0.39, 0.29) is 18.4 Å². The van der Waals surface area contributed by atoms with Gasteiger partial charge in [0, 0.05) is 18.1 Å². The molecule has 18 heavy (non-hydrogen) atoms. The highest BCUT2D eigenvalue weighted by atomic mass is 32.2. The number of carboxylic acid groups (broad SMARTS) is 1. The second-order valence-electron chi connectivity index (χ2n) is 4.07. The molecule has 1 aliphatic rings. The lowest BCUT2D eigenvalue weighted by Gasteiger charge is -2.34. The van der Waals surface area contributed by atoms with E-state index in [2.05, 4.69) is 4.98 Å². The molecule has 2 rings (SSSR count). The van der Waals surface area contributed by atoms with Gasteiger partial charge < -0.3 is 10.0 Å². The molecule has 1 unspecified atom stereocenters. The third kappa shape index (κ3) is 3.02. The van der Waals surface area contributed by atoms with Crippen LogP contribution >= 0.6 is 23.1 Å². The van der Waals surface area contributed by atoms with Crippen molar-refractivity contribution in [3.63, 3.8) is 0 Å². The lowest BCUT2D eigenvalue weighted by atomic mass is 10.2. The SMILES string of the molecule is Cc1ncc(C(=O)N2CCSCC2CC(=O)O)s1. The predicted octanol–water partition coefficient (Wildman–Crippen LogP) is 1.48. The van der Waals surface area contributed by atoms with Crippen LogP contribution in [0.15, 0.2) is 6.20 Å². The van der Waals surface area contributed by atoms with E-state index < -0.39 is 5.97 Å². The van der Waals surface area contributed by atoms with Gasteiger partial charge in [-0.3, -0.25) is 9.59 Å². The van der Waals surface area contributed by atoms with E-state index >= 15 is 0 Å². The molecule has 1 saturated heterocycles. The Labute approximate surface area is 113 Å². The molecular weight excluding hydrogens is 272 g/mol. The van der Waals surface area contributed by atoms with E-state index in [1.54, 1.807) is 22.9 Å². The van der Waals surface area contributed by atoms with E-state index in [0.717, 1.165) is 10.8 Å². The molecule has 1 aromatic rings. The average molecular weight is 286 g/mol. The van der Waals surface area contributed by atoms with Crippen molar-refractivity contribution in [1.29, 1.82) is 0 Å². The van der Waals surface area contributed by atoms with Gasteiger partial charge in [0.05, 0.1) is 23.7 Å². The van der Waals surface area contributed by atoms with Crippen molar-refractivity contribution < 1.29 is 14.7 Å². The fraction of sp³-hybridized carbons (Fsp3) is 0.545. The first-order valence-electron chi connectivity index (χ1n) is 5.61. The molecule has 0 spiro atoms. The Balaban J connectivity index is 2.13. The maximum atomic E-state index is 12.3. The molecule has 2 heterocycles. The molecule has 1 fully saturated rings. The summed E-state index contributed by atoms with van der Waals surface area (Å²) in [5.41, 5.74) is 0. The molecule has 0 aliphatic carbocycles. The fourth-order valence-electron chi connectivity index (χ4n) is 1.89. The number of thioether (sulfide) groups is 1. The van der Waals surface area contributed by atoms with Crippen molar-refractivity contribution in [2.45, 2.75) is 19.4 Å². The minimum Gasteiger partial charge on any atom is -0.481 e. The number of carbonyl (C=O) groups excluding carboxylic acids is 1. The Hall–Kier alpha value is -1.08. The molecule has 0 radical (unpaired) electrons. The number of aliphatic carboxylic acids is 1. The van der Waals surface area contributed by atoms with Crippen LogP contribution in [0.1, 0.15) is 21.1 Å². The zero-order valence-corrected chi connectivity index (χ0v) is 11.6. The molecule has 1 amide bonds. The van der Waals surface area contributed by atoms with Crippen molar-refractivity contribution in [2.24, 2.45) is 0 Å². The third-order valence-electron chi connectivity index (χ3n) is 2.73. The number of rotatable bonds is 3. The van der Waals surface area contributed by atoms with Crippen molar-refractivity contribution >= 4 is 35.0 Å². The fourth-order valence-corrected chi connectivity index (χ4v) is 3.69. The van der Waals surface area contributed by atoms with Gasteiger partial charge in [0.25, 0.3) is 5.91 Å². The Kier molecular flexibility index (Phi) is 4.23. The predicted molar refractivity (Wildman–Crippen MR) is 71.3 cm³/mol. The Morgan fingerprint density at radius 3 is 3.00 bits per heavy atom. The zero-order valence-electron chi connectivity index (χ0n) is 9.96. The minimum absolute atomic E-state index is 0.0104. The summed E-state index contributed by atoms with van der Waals surface area (Å²) in [6.07, 6.45) is 1.58. The normalized spacial score (nSPS) is 19.8. The molecular formula is C11H14N2O3S2. The van der Waals surface area contributed by atoms with Crippen LogP contribution in [-0.2, 0) is 4.79 Å². The quantitative estimate of drug-likeness (QED) is 0.911. The number of carboxylic acids is 1. The van der Waals surface area contributed by atoms with E-state index in [1.807, 2.05) is 6.92 Å². The van der Waals surface area contributed by atoms with Crippen LogP contribution in [0.3, 0.4) is 0 Å². The number of hydrogen-bond acceptors (Lipinski definition) is 5. The van der Waals surface area contributed by atoms with Crippen LogP contribution in [0.25, 0.3) is 0 Å². The molecule has 1 N–H and O–H groups in total. The first-order valence-corrected chi connectivity index (χ1v) is 7.58. The molecule has 1 atom stereocenters. The highest BCUT2D eigenvalue weighted by Crippen LogP contribution is 2.23. The first kappa shape index (κ1) is 13.4. The van der Waals surface area contributed by atoms with Gasteiger partial charge in [-0.1, -0.05) is 0 Å². The van der Waals surface area contributed by atoms with E-state index in [0.29, 0.717) is 17.2 Å². The van der Waals surface area contributed by atoms with Crippen molar-refractivity contribution in [1.82, 2.24) is 9.88 Å². The summed E-state index contributed by atoms with van der Waals surface area (Å²) in [5, 5.41) is 9.73. The van der Waals surface area contributed by atoms with Crippen LogP contribution in [-0.4, -0.2) is 51.0 Å². The van der Waals surface area contributed by atoms with Gasteiger partial charge in [0.1, 0.15) is 4.88 Å². The number of amides is 1. The lowest BCUT2D eigenvalue weighted by molar-refractivity contribution is -0.138. The summed E-state index contributed by atoms with van der Waals surface area (Å²) in [7, 11) is 0. The maximum absolute atomic E-state index is 12.3. The van der Waals surface area contributed by atoms with Gasteiger partial charge in [-0.2, -0.15) is 11.8 Å². The summed E-state index contributed by atoms with van der Waals surface area (Å²) in [5.74, 6) is 0.600. The molecule has 0 aromatic carbocycles. The smallest absolute Gasteiger partial charge is 0.305 e. The third-order valence-corrected chi connectivity index (χ3v) is 4.72. The molecule has 7 heteroatoms. The maximum Gasteiger partial charge on any atom is 0.305 e. The molecule has 5 nitrogen and oxygen atoms in total. The van der Waals surface area contributed by atoms with Crippen LogP contribution in [0.4, 0.5) is 0 Å². The summed E-state index contributed by atoms with van der Waals surface area (Å²) in [4.78, 5) is 29.5. The van der Waals surface area contributed by atoms with Crippen molar-refractivity contribution in [2.75, 3.05) is 18.1 Å². The number of nitrogens with zero attached hydrogens (tertiary/aromatic N) is 2. The first-order chi connectivity index (χ1) is 8.58.